The Balaban J connectivity index is 1.98. The molecule has 0 aliphatic carbocycles. The Hall–Kier alpha value is -2.34. The first-order valence-electron chi connectivity index (χ1n) is 6.11. The lowest BCUT2D eigenvalue weighted by molar-refractivity contribution is 0.102. The van der Waals surface area contributed by atoms with Crippen LogP contribution in [-0.2, 0) is 0 Å². The van der Waals surface area contributed by atoms with Gasteiger partial charge in [0, 0.05) is 10.9 Å². The summed E-state index contributed by atoms with van der Waals surface area (Å²) in [6.45, 7) is 0. The molecule has 1 amide bonds. The smallest absolute Gasteiger partial charge is 0.257 e. The molecule has 0 fully saturated rings. The molecule has 0 bridgehead atoms. The van der Waals surface area contributed by atoms with Crippen molar-refractivity contribution in [3.05, 3.63) is 64.8 Å². The van der Waals surface area contributed by atoms with Crippen LogP contribution < -0.4 is 5.32 Å². The highest BCUT2D eigenvalue weighted by Gasteiger charge is 2.13. The summed E-state index contributed by atoms with van der Waals surface area (Å²) in [7, 11) is 0. The zero-order valence-corrected chi connectivity index (χ0v) is 12.3. The molecule has 6 heteroatoms. The first-order valence-corrected chi connectivity index (χ1v) is 6.90. The predicted molar refractivity (Wildman–Crippen MR) is 81.6 cm³/mol. The third kappa shape index (κ3) is 2.75. The van der Waals surface area contributed by atoms with Gasteiger partial charge in [0.2, 0.25) is 0 Å². The number of carbonyl (C=O) groups is 1. The van der Waals surface area contributed by atoms with Crippen molar-refractivity contribution in [2.45, 2.75) is 0 Å². The molecule has 0 aliphatic rings. The largest absolute Gasteiger partial charge is 0.305 e. The van der Waals surface area contributed by atoms with Crippen molar-refractivity contribution in [3.8, 4) is 0 Å². The summed E-state index contributed by atoms with van der Waals surface area (Å²) in [5.41, 5.74) is 0.386. The molecule has 0 spiro atoms. The Morgan fingerprint density at radius 2 is 1.81 bits per heavy atom. The van der Waals surface area contributed by atoms with Crippen molar-refractivity contribution >= 4 is 38.4 Å². The molecule has 2 aromatic carbocycles. The zero-order chi connectivity index (χ0) is 14.8. The molecule has 1 aromatic heterocycles. The van der Waals surface area contributed by atoms with Gasteiger partial charge in [0.1, 0.15) is 10.4 Å². The number of nitrogens with zero attached hydrogens (tertiary/aromatic N) is 2. The SMILES string of the molecule is O=C(Nc1cnc(Br)cn1)c1ccc(F)c2ccccc12. The number of anilines is 1. The van der Waals surface area contributed by atoms with Crippen LogP contribution >= 0.6 is 15.9 Å². The fourth-order valence-electron chi connectivity index (χ4n) is 2.02. The van der Waals surface area contributed by atoms with E-state index in [1.54, 1.807) is 24.3 Å². The van der Waals surface area contributed by atoms with Gasteiger partial charge < -0.3 is 5.32 Å². The van der Waals surface area contributed by atoms with E-state index in [-0.39, 0.29) is 11.7 Å². The van der Waals surface area contributed by atoms with Gasteiger partial charge in [0.25, 0.3) is 5.91 Å². The van der Waals surface area contributed by atoms with Crippen molar-refractivity contribution in [2.24, 2.45) is 0 Å². The summed E-state index contributed by atoms with van der Waals surface area (Å²) < 4.78 is 14.3. The van der Waals surface area contributed by atoms with Crippen LogP contribution in [0, 0.1) is 5.82 Å². The van der Waals surface area contributed by atoms with Gasteiger partial charge in [0.05, 0.1) is 12.4 Å². The van der Waals surface area contributed by atoms with Gasteiger partial charge in [-0.05, 0) is 33.4 Å². The minimum absolute atomic E-state index is 0.330. The predicted octanol–water partition coefficient (Wildman–Crippen LogP) is 3.78. The topological polar surface area (TPSA) is 54.9 Å². The monoisotopic (exact) mass is 345 g/mol. The maximum atomic E-state index is 13.7. The molecule has 3 rings (SSSR count). The maximum absolute atomic E-state index is 13.7. The van der Waals surface area contributed by atoms with Crippen LogP contribution in [0.3, 0.4) is 0 Å². The molecule has 0 saturated carbocycles. The summed E-state index contributed by atoms with van der Waals surface area (Å²) >= 11 is 3.17. The highest BCUT2D eigenvalue weighted by Crippen LogP contribution is 2.22. The van der Waals surface area contributed by atoms with Crippen LogP contribution in [0.2, 0.25) is 0 Å². The molecular weight excluding hydrogens is 337 g/mol. The van der Waals surface area contributed by atoms with Crippen LogP contribution in [0.5, 0.6) is 0 Å². The number of rotatable bonds is 2. The standard InChI is InChI=1S/C15H9BrFN3O/c16-13-7-19-14(8-18-13)20-15(21)11-5-6-12(17)10-4-2-1-3-9(10)11/h1-8H,(H,19,20,21). The van der Waals surface area contributed by atoms with Crippen LogP contribution in [0.4, 0.5) is 10.2 Å². The summed E-state index contributed by atoms with van der Waals surface area (Å²) in [5.74, 6) is -0.384. The van der Waals surface area contributed by atoms with Crippen molar-refractivity contribution < 1.29 is 9.18 Å². The number of halogens is 2. The molecule has 0 radical (unpaired) electrons. The lowest BCUT2D eigenvalue weighted by Crippen LogP contribution is -2.13. The van der Waals surface area contributed by atoms with Gasteiger partial charge in [-0.1, -0.05) is 24.3 Å². The molecule has 1 heterocycles. The lowest BCUT2D eigenvalue weighted by atomic mass is 10.0. The van der Waals surface area contributed by atoms with E-state index in [9.17, 15) is 9.18 Å². The fourth-order valence-corrected chi connectivity index (χ4v) is 2.23. The van der Waals surface area contributed by atoms with Crippen LogP contribution in [0.1, 0.15) is 10.4 Å². The number of hydrogen-bond acceptors (Lipinski definition) is 3. The number of hydrogen-bond donors (Lipinski definition) is 1. The molecule has 1 N–H and O–H groups in total. The number of aromatic nitrogens is 2. The van der Waals surface area contributed by atoms with E-state index < -0.39 is 0 Å². The van der Waals surface area contributed by atoms with Crippen molar-refractivity contribution in [1.29, 1.82) is 0 Å². The number of nitrogens with one attached hydrogen (secondary N) is 1. The second-order valence-corrected chi connectivity index (χ2v) is 5.13. The minimum Gasteiger partial charge on any atom is -0.305 e. The lowest BCUT2D eigenvalue weighted by Gasteiger charge is -2.08. The van der Waals surface area contributed by atoms with Gasteiger partial charge in [-0.2, -0.15) is 0 Å². The van der Waals surface area contributed by atoms with E-state index in [4.69, 9.17) is 0 Å². The van der Waals surface area contributed by atoms with E-state index in [1.165, 1.54) is 24.5 Å². The number of fused-ring (bicyclic) bond motifs is 1. The second kappa shape index (κ2) is 5.57. The van der Waals surface area contributed by atoms with E-state index in [2.05, 4.69) is 31.2 Å². The third-order valence-electron chi connectivity index (χ3n) is 2.98. The number of amides is 1. The van der Waals surface area contributed by atoms with Crippen LogP contribution in [0.25, 0.3) is 10.8 Å². The fraction of sp³-hybridized carbons (Fsp3) is 0. The Bertz CT molecular complexity index is 821. The van der Waals surface area contributed by atoms with Gasteiger partial charge >= 0.3 is 0 Å². The molecule has 0 aliphatic heterocycles. The van der Waals surface area contributed by atoms with E-state index >= 15 is 0 Å². The third-order valence-corrected chi connectivity index (χ3v) is 3.39. The van der Waals surface area contributed by atoms with Crippen molar-refractivity contribution in [3.63, 3.8) is 0 Å². The molecule has 4 nitrogen and oxygen atoms in total. The van der Waals surface area contributed by atoms with Crippen molar-refractivity contribution in [1.82, 2.24) is 9.97 Å². The first-order chi connectivity index (χ1) is 10.1. The number of benzene rings is 2. The summed E-state index contributed by atoms with van der Waals surface area (Å²) in [6, 6.07) is 9.58. The molecule has 3 aromatic rings. The quantitative estimate of drug-likeness (QED) is 0.768. The highest BCUT2D eigenvalue weighted by atomic mass is 79.9. The first kappa shape index (κ1) is 13.6. The average molecular weight is 346 g/mol. The Labute approximate surface area is 128 Å². The number of carbonyl (C=O) groups excluding carboxylic acids is 1. The van der Waals surface area contributed by atoms with Gasteiger partial charge in [-0.3, -0.25) is 4.79 Å². The Morgan fingerprint density at radius 3 is 2.52 bits per heavy atom. The summed E-state index contributed by atoms with van der Waals surface area (Å²) in [5, 5.41) is 3.61. The van der Waals surface area contributed by atoms with Crippen LogP contribution in [0.15, 0.2) is 53.4 Å². The Kier molecular flexibility index (Phi) is 3.62. The summed E-state index contributed by atoms with van der Waals surface area (Å²) in [4.78, 5) is 20.3. The molecule has 21 heavy (non-hydrogen) atoms. The van der Waals surface area contributed by atoms with Gasteiger partial charge in [-0.25, -0.2) is 14.4 Å². The maximum Gasteiger partial charge on any atom is 0.257 e. The molecule has 104 valence electrons. The van der Waals surface area contributed by atoms with Crippen LogP contribution in [-0.4, -0.2) is 15.9 Å². The molecule has 0 saturated heterocycles. The molecular formula is C15H9BrFN3O. The second-order valence-electron chi connectivity index (χ2n) is 4.32. The average Bonchev–Trinajstić information content (AvgIpc) is 2.50. The zero-order valence-electron chi connectivity index (χ0n) is 10.7. The van der Waals surface area contributed by atoms with Crippen molar-refractivity contribution in [2.75, 3.05) is 5.32 Å². The minimum atomic E-state index is -0.358. The van der Waals surface area contributed by atoms with E-state index in [0.717, 1.165) is 0 Å². The normalized spacial score (nSPS) is 10.6. The molecule has 0 unspecified atom stereocenters. The highest BCUT2D eigenvalue weighted by molar-refractivity contribution is 9.10. The van der Waals surface area contributed by atoms with E-state index in [0.29, 0.717) is 26.8 Å². The summed E-state index contributed by atoms with van der Waals surface area (Å²) in [6.07, 6.45) is 2.92. The molecule has 0 atom stereocenters. The van der Waals surface area contributed by atoms with E-state index in [1.807, 2.05) is 0 Å². The van der Waals surface area contributed by atoms with Gasteiger partial charge in [0.15, 0.2) is 5.82 Å². The van der Waals surface area contributed by atoms with Gasteiger partial charge in [-0.15, -0.1) is 0 Å². The Morgan fingerprint density at radius 1 is 1.05 bits per heavy atom.